The van der Waals surface area contributed by atoms with E-state index >= 15 is 0 Å². The predicted molar refractivity (Wildman–Crippen MR) is 71.0 cm³/mol. The van der Waals surface area contributed by atoms with Gasteiger partial charge in [0.05, 0.1) is 12.7 Å². The van der Waals surface area contributed by atoms with Gasteiger partial charge in [-0.05, 0) is 32.6 Å². The van der Waals surface area contributed by atoms with Crippen molar-refractivity contribution in [3.05, 3.63) is 0 Å². The first-order chi connectivity index (χ1) is 8.90. The van der Waals surface area contributed by atoms with Crippen LogP contribution in [0.15, 0.2) is 0 Å². The molecule has 6 nitrogen and oxygen atoms in total. The molecule has 2 amide bonds. The van der Waals surface area contributed by atoms with E-state index in [0.717, 1.165) is 12.8 Å². The van der Waals surface area contributed by atoms with Gasteiger partial charge in [-0.3, -0.25) is 4.79 Å². The molecule has 0 unspecified atom stereocenters. The van der Waals surface area contributed by atoms with Crippen LogP contribution >= 0.6 is 0 Å². The zero-order valence-electron chi connectivity index (χ0n) is 12.0. The quantitative estimate of drug-likeness (QED) is 0.722. The number of carbonyl (C=O) groups excluding carboxylic acids is 1. The molecule has 1 saturated carbocycles. The lowest BCUT2D eigenvalue weighted by Crippen LogP contribution is -2.45. The van der Waals surface area contributed by atoms with Gasteiger partial charge in [0.15, 0.2) is 0 Å². The monoisotopic (exact) mass is 272 g/mol. The predicted octanol–water partition coefficient (Wildman–Crippen LogP) is 1.26. The van der Waals surface area contributed by atoms with Crippen LogP contribution in [-0.4, -0.2) is 66.3 Å². The smallest absolute Gasteiger partial charge is 0.323 e. The van der Waals surface area contributed by atoms with Gasteiger partial charge in [0.2, 0.25) is 0 Å². The van der Waals surface area contributed by atoms with E-state index in [4.69, 9.17) is 9.84 Å². The lowest BCUT2D eigenvalue weighted by atomic mass is 10.3. The maximum absolute atomic E-state index is 12.2. The Morgan fingerprint density at radius 3 is 2.47 bits per heavy atom. The summed E-state index contributed by atoms with van der Waals surface area (Å²) in [4.78, 5) is 25.9. The minimum absolute atomic E-state index is 0.130. The molecule has 0 heterocycles. The molecule has 1 aliphatic rings. The summed E-state index contributed by atoms with van der Waals surface area (Å²) in [6.45, 7) is 5.12. The molecule has 0 aromatic carbocycles. The van der Waals surface area contributed by atoms with E-state index in [1.807, 2.05) is 13.8 Å². The van der Waals surface area contributed by atoms with E-state index < -0.39 is 5.97 Å². The molecule has 0 bridgehead atoms. The first-order valence-electron chi connectivity index (χ1n) is 6.73. The number of aliphatic carboxylic acids is 1. The van der Waals surface area contributed by atoms with E-state index in [0.29, 0.717) is 25.6 Å². The van der Waals surface area contributed by atoms with Crippen molar-refractivity contribution in [3.8, 4) is 0 Å². The van der Waals surface area contributed by atoms with Gasteiger partial charge < -0.3 is 19.6 Å². The topological polar surface area (TPSA) is 70.1 Å². The molecule has 1 aliphatic carbocycles. The molecule has 0 aromatic heterocycles. The van der Waals surface area contributed by atoms with Gasteiger partial charge >= 0.3 is 12.0 Å². The molecule has 19 heavy (non-hydrogen) atoms. The highest BCUT2D eigenvalue weighted by Gasteiger charge is 2.29. The van der Waals surface area contributed by atoms with Gasteiger partial charge in [-0.15, -0.1) is 0 Å². The minimum Gasteiger partial charge on any atom is -0.480 e. The number of carboxylic acids is 1. The van der Waals surface area contributed by atoms with E-state index in [9.17, 15) is 9.59 Å². The van der Waals surface area contributed by atoms with Crippen molar-refractivity contribution in [1.82, 2.24) is 9.80 Å². The fourth-order valence-electron chi connectivity index (χ4n) is 1.75. The molecule has 0 saturated heterocycles. The SMILES string of the molecule is CC(C)OCCN(C)C(=O)N(CC(=O)O)CC1CC1. The molecule has 1 N–H and O–H groups in total. The number of carboxylic acid groups (broad SMARTS) is 1. The molecular weight excluding hydrogens is 248 g/mol. The van der Waals surface area contributed by atoms with Crippen LogP contribution in [0.4, 0.5) is 4.79 Å². The van der Waals surface area contributed by atoms with Crippen LogP contribution in [-0.2, 0) is 9.53 Å². The Morgan fingerprint density at radius 2 is 2.00 bits per heavy atom. The number of rotatable bonds is 8. The largest absolute Gasteiger partial charge is 0.480 e. The number of carbonyl (C=O) groups is 2. The average Bonchev–Trinajstić information content (AvgIpc) is 3.09. The summed E-state index contributed by atoms with van der Waals surface area (Å²) in [5.74, 6) is -0.496. The fraction of sp³-hybridized carbons (Fsp3) is 0.846. The highest BCUT2D eigenvalue weighted by Crippen LogP contribution is 2.29. The Hall–Kier alpha value is -1.30. The van der Waals surface area contributed by atoms with E-state index in [1.54, 1.807) is 7.05 Å². The van der Waals surface area contributed by atoms with Crippen molar-refractivity contribution in [2.45, 2.75) is 32.8 Å². The second-order valence-electron chi connectivity index (χ2n) is 5.34. The van der Waals surface area contributed by atoms with Crippen LogP contribution in [0.1, 0.15) is 26.7 Å². The Morgan fingerprint density at radius 1 is 1.37 bits per heavy atom. The summed E-state index contributed by atoms with van der Waals surface area (Å²) in [6, 6.07) is -0.235. The van der Waals surface area contributed by atoms with Gasteiger partial charge in [0.1, 0.15) is 6.54 Å². The summed E-state index contributed by atoms with van der Waals surface area (Å²) in [6.07, 6.45) is 2.30. The lowest BCUT2D eigenvalue weighted by molar-refractivity contribution is -0.137. The second-order valence-corrected chi connectivity index (χ2v) is 5.34. The summed E-state index contributed by atoms with van der Waals surface area (Å²) < 4.78 is 5.39. The molecule has 1 rings (SSSR count). The Bertz CT molecular complexity index is 316. The number of hydrogen-bond donors (Lipinski definition) is 1. The number of nitrogens with zero attached hydrogens (tertiary/aromatic N) is 2. The molecular formula is C13H24N2O4. The van der Waals surface area contributed by atoms with Gasteiger partial charge in [-0.25, -0.2) is 4.79 Å². The number of likely N-dealkylation sites (N-methyl/N-ethyl adjacent to an activating group) is 1. The van der Waals surface area contributed by atoms with Crippen LogP contribution in [0.3, 0.4) is 0 Å². The average molecular weight is 272 g/mol. The van der Waals surface area contributed by atoms with Crippen molar-refractivity contribution < 1.29 is 19.4 Å². The number of ether oxygens (including phenoxy) is 1. The van der Waals surface area contributed by atoms with Crippen molar-refractivity contribution in [3.63, 3.8) is 0 Å². The first kappa shape index (κ1) is 15.8. The zero-order chi connectivity index (χ0) is 14.4. The number of hydrogen-bond acceptors (Lipinski definition) is 3. The van der Waals surface area contributed by atoms with E-state index in [2.05, 4.69) is 0 Å². The summed E-state index contributed by atoms with van der Waals surface area (Å²) in [5, 5.41) is 8.86. The fourth-order valence-corrected chi connectivity index (χ4v) is 1.75. The van der Waals surface area contributed by atoms with Crippen LogP contribution in [0.5, 0.6) is 0 Å². The second kappa shape index (κ2) is 7.33. The van der Waals surface area contributed by atoms with E-state index in [1.165, 1.54) is 9.80 Å². The van der Waals surface area contributed by atoms with Crippen molar-refractivity contribution >= 4 is 12.0 Å². The van der Waals surface area contributed by atoms with Crippen LogP contribution < -0.4 is 0 Å². The Balaban J connectivity index is 2.41. The van der Waals surface area contributed by atoms with Gasteiger partial charge in [-0.2, -0.15) is 0 Å². The van der Waals surface area contributed by atoms with Crippen molar-refractivity contribution in [2.75, 3.05) is 33.3 Å². The molecule has 6 heteroatoms. The normalized spacial score (nSPS) is 14.5. The molecule has 0 atom stereocenters. The molecule has 110 valence electrons. The van der Waals surface area contributed by atoms with Gasteiger partial charge in [0.25, 0.3) is 0 Å². The standard InChI is InChI=1S/C13H24N2O4/c1-10(2)19-7-6-14(3)13(18)15(9-12(16)17)8-11-4-5-11/h10-11H,4-9H2,1-3H3,(H,16,17). The molecule has 0 aliphatic heterocycles. The molecule has 0 radical (unpaired) electrons. The Kier molecular flexibility index (Phi) is 6.08. The third-order valence-electron chi connectivity index (χ3n) is 2.98. The summed E-state index contributed by atoms with van der Waals surface area (Å²) >= 11 is 0. The van der Waals surface area contributed by atoms with Crippen molar-refractivity contribution in [2.24, 2.45) is 5.92 Å². The van der Waals surface area contributed by atoms with Crippen LogP contribution in [0, 0.1) is 5.92 Å². The third-order valence-corrected chi connectivity index (χ3v) is 2.98. The summed E-state index contributed by atoms with van der Waals surface area (Å²) in [7, 11) is 1.67. The minimum atomic E-state index is -0.971. The number of urea groups is 1. The van der Waals surface area contributed by atoms with Crippen LogP contribution in [0.2, 0.25) is 0 Å². The molecule has 0 spiro atoms. The van der Waals surface area contributed by atoms with Gasteiger partial charge in [0, 0.05) is 20.1 Å². The molecule has 1 fully saturated rings. The maximum atomic E-state index is 12.2. The van der Waals surface area contributed by atoms with Crippen molar-refractivity contribution in [1.29, 1.82) is 0 Å². The summed E-state index contributed by atoms with van der Waals surface area (Å²) in [5.41, 5.74) is 0. The molecule has 0 aromatic rings. The third kappa shape index (κ3) is 6.42. The van der Waals surface area contributed by atoms with Crippen LogP contribution in [0.25, 0.3) is 0 Å². The lowest BCUT2D eigenvalue weighted by Gasteiger charge is -2.27. The first-order valence-corrected chi connectivity index (χ1v) is 6.73. The highest BCUT2D eigenvalue weighted by molar-refractivity contribution is 5.80. The maximum Gasteiger partial charge on any atom is 0.323 e. The zero-order valence-corrected chi connectivity index (χ0v) is 12.0. The number of amides is 2. The van der Waals surface area contributed by atoms with Gasteiger partial charge in [-0.1, -0.05) is 0 Å². The van der Waals surface area contributed by atoms with E-state index in [-0.39, 0.29) is 18.7 Å². The Labute approximate surface area is 114 Å². The highest BCUT2D eigenvalue weighted by atomic mass is 16.5.